The predicted octanol–water partition coefficient (Wildman–Crippen LogP) is 11.4. The second-order valence-corrected chi connectivity index (χ2v) is 13.7. The van der Waals surface area contributed by atoms with Crippen molar-refractivity contribution in [2.24, 2.45) is 0 Å². The summed E-state index contributed by atoms with van der Waals surface area (Å²) in [6.45, 7) is 0. The molecular weight excluding hydrogens is 789 g/mol. The minimum absolute atomic E-state index is 0.0447. The molecule has 7 aromatic carbocycles. The van der Waals surface area contributed by atoms with Crippen LogP contribution in [0.3, 0.4) is 0 Å². The van der Waals surface area contributed by atoms with Gasteiger partial charge in [0.15, 0.2) is 5.82 Å². The molecule has 0 bridgehead atoms. The molecule has 0 unspecified atom stereocenters. The lowest BCUT2D eigenvalue weighted by atomic mass is 10.1. The maximum absolute atomic E-state index is 13.3. The summed E-state index contributed by atoms with van der Waals surface area (Å²) in [4.78, 5) is 57.4. The summed E-state index contributed by atoms with van der Waals surface area (Å²) >= 11 is 0. The molecule has 1 heterocycles. The van der Waals surface area contributed by atoms with Crippen LogP contribution in [-0.4, -0.2) is 31.6 Å². The van der Waals surface area contributed by atoms with Gasteiger partial charge in [-0.25, -0.2) is 9.97 Å². The number of benzene rings is 7. The summed E-state index contributed by atoms with van der Waals surface area (Å²) in [6, 6.07) is 50.5. The van der Waals surface area contributed by atoms with Gasteiger partial charge in [0.05, 0.1) is 21.2 Å². The molecule has 0 radical (unpaired) electrons. The van der Waals surface area contributed by atoms with Crippen LogP contribution >= 0.6 is 0 Å². The van der Waals surface area contributed by atoms with E-state index in [-0.39, 0.29) is 23.2 Å². The fourth-order valence-electron chi connectivity index (χ4n) is 6.27. The molecule has 62 heavy (non-hydrogen) atoms. The van der Waals surface area contributed by atoms with Gasteiger partial charge in [0.1, 0.15) is 23.0 Å². The van der Waals surface area contributed by atoms with Crippen molar-refractivity contribution >= 4 is 34.6 Å². The summed E-state index contributed by atoms with van der Waals surface area (Å²) in [5.74, 6) is 1.54. The first-order valence-electron chi connectivity index (χ1n) is 19.0. The number of nitro groups is 2. The Bertz CT molecular complexity index is 2750. The third kappa shape index (κ3) is 9.62. The van der Waals surface area contributed by atoms with Crippen molar-refractivity contribution in [3.05, 3.63) is 213 Å². The molecule has 0 spiro atoms. The van der Waals surface area contributed by atoms with E-state index in [2.05, 4.69) is 10.6 Å². The Morgan fingerprint density at radius 2 is 0.806 bits per heavy atom. The Labute approximate surface area is 353 Å². The molecule has 0 fully saturated rings. The largest absolute Gasteiger partial charge is 0.457 e. The molecule has 1 aromatic heterocycles. The van der Waals surface area contributed by atoms with Crippen molar-refractivity contribution in [3.63, 3.8) is 0 Å². The Balaban J connectivity index is 0.983. The number of rotatable bonds is 13. The maximum Gasteiger partial charge on any atom is 0.269 e. The lowest BCUT2D eigenvalue weighted by Crippen LogP contribution is -2.11. The second-order valence-electron chi connectivity index (χ2n) is 13.7. The highest BCUT2D eigenvalue weighted by molar-refractivity contribution is 6.05. The van der Waals surface area contributed by atoms with Crippen molar-refractivity contribution in [1.29, 1.82) is 0 Å². The van der Waals surface area contributed by atoms with Crippen molar-refractivity contribution in [2.45, 2.75) is 0 Å². The highest BCUT2D eigenvalue weighted by atomic mass is 16.6. The van der Waals surface area contributed by atoms with Crippen molar-refractivity contribution in [2.75, 3.05) is 10.6 Å². The first kappa shape index (κ1) is 39.8. The molecule has 302 valence electrons. The quantitative estimate of drug-likeness (QED) is 0.0836. The van der Waals surface area contributed by atoms with Gasteiger partial charge in [0, 0.05) is 63.5 Å². The molecular formula is C48H32N6O8. The molecule has 0 atom stereocenters. The van der Waals surface area contributed by atoms with Gasteiger partial charge in [-0.15, -0.1) is 0 Å². The third-order valence-electron chi connectivity index (χ3n) is 9.39. The average molecular weight is 821 g/mol. The summed E-state index contributed by atoms with van der Waals surface area (Å²) in [6.07, 6.45) is 0. The van der Waals surface area contributed by atoms with E-state index in [0.717, 1.165) is 16.7 Å². The topological polar surface area (TPSA) is 189 Å². The molecule has 0 saturated carbocycles. The smallest absolute Gasteiger partial charge is 0.269 e. The number of anilines is 2. The molecule has 8 rings (SSSR count). The van der Waals surface area contributed by atoms with Gasteiger partial charge in [-0.2, -0.15) is 0 Å². The molecule has 0 aliphatic rings. The monoisotopic (exact) mass is 820 g/mol. The van der Waals surface area contributed by atoms with Crippen LogP contribution < -0.4 is 20.1 Å². The SMILES string of the molecule is O=C(Nc1cccc(-c2cc(-c3cccc(NC(=O)c4ccc(Oc5ccc([N+](=O)[O-])cc5)cc4)c3)nc(-c3ccccc3)n2)c1)c1ccc(Oc2ccc([N+](=O)[O-])cc2)cc1. The van der Waals surface area contributed by atoms with E-state index in [4.69, 9.17) is 19.4 Å². The van der Waals surface area contributed by atoms with E-state index in [1.54, 1.807) is 60.7 Å². The first-order chi connectivity index (χ1) is 30.1. The zero-order valence-electron chi connectivity index (χ0n) is 32.4. The molecule has 0 aliphatic heterocycles. The van der Waals surface area contributed by atoms with E-state index >= 15 is 0 Å². The molecule has 0 saturated heterocycles. The van der Waals surface area contributed by atoms with Crippen LogP contribution in [0.15, 0.2) is 182 Å². The third-order valence-corrected chi connectivity index (χ3v) is 9.39. The van der Waals surface area contributed by atoms with E-state index < -0.39 is 9.85 Å². The predicted molar refractivity (Wildman–Crippen MR) is 233 cm³/mol. The van der Waals surface area contributed by atoms with Gasteiger partial charge >= 0.3 is 0 Å². The van der Waals surface area contributed by atoms with E-state index in [1.165, 1.54) is 48.5 Å². The fraction of sp³-hybridized carbons (Fsp3) is 0. The number of aromatic nitrogens is 2. The number of amides is 2. The van der Waals surface area contributed by atoms with E-state index in [0.29, 0.717) is 62.7 Å². The Morgan fingerprint density at radius 1 is 0.435 bits per heavy atom. The summed E-state index contributed by atoms with van der Waals surface area (Å²) < 4.78 is 11.6. The molecule has 14 heteroatoms. The van der Waals surface area contributed by atoms with Crippen LogP contribution in [0.4, 0.5) is 22.7 Å². The van der Waals surface area contributed by atoms with Crippen molar-refractivity contribution in [1.82, 2.24) is 9.97 Å². The van der Waals surface area contributed by atoms with Gasteiger partial charge in [-0.1, -0.05) is 54.6 Å². The zero-order chi connectivity index (χ0) is 43.0. The summed E-state index contributed by atoms with van der Waals surface area (Å²) in [5.41, 5.74) is 5.21. The standard InChI is InChI=1S/C48H32N6O8/c55-47(32-12-20-40(21-13-32)61-42-24-16-38(17-25-42)53(57)58)49-36-10-4-8-34(28-36)44-30-45(52-46(51-44)31-6-2-1-3-7-31)35-9-5-11-37(29-35)50-48(56)33-14-22-41(23-15-33)62-43-26-18-39(19-27-43)54(59)60/h1-30H,(H,49,55)(H,50,56). The molecule has 2 N–H and O–H groups in total. The Hall–Kier alpha value is -9.04. The van der Waals surface area contributed by atoms with Crippen molar-refractivity contribution in [3.8, 4) is 56.9 Å². The minimum atomic E-state index is -0.485. The van der Waals surface area contributed by atoms with Crippen LogP contribution in [0.5, 0.6) is 23.0 Å². The zero-order valence-corrected chi connectivity index (χ0v) is 32.4. The van der Waals surface area contributed by atoms with Crippen LogP contribution in [-0.2, 0) is 0 Å². The Kier molecular flexibility index (Phi) is 11.4. The van der Waals surface area contributed by atoms with Crippen LogP contribution in [0, 0.1) is 20.2 Å². The first-order valence-corrected chi connectivity index (χ1v) is 19.0. The lowest BCUT2D eigenvalue weighted by molar-refractivity contribution is -0.385. The number of nitro benzene ring substituents is 2. The molecule has 0 aliphatic carbocycles. The molecule has 2 amide bonds. The minimum Gasteiger partial charge on any atom is -0.457 e. The number of hydrogen-bond acceptors (Lipinski definition) is 10. The van der Waals surface area contributed by atoms with Gasteiger partial charge in [-0.05, 0) is 103 Å². The second kappa shape index (κ2) is 17.8. The van der Waals surface area contributed by atoms with Gasteiger partial charge in [0.25, 0.3) is 23.2 Å². The van der Waals surface area contributed by atoms with E-state index in [9.17, 15) is 29.8 Å². The van der Waals surface area contributed by atoms with E-state index in [1.807, 2.05) is 72.8 Å². The number of nitrogens with one attached hydrogen (secondary N) is 2. The Morgan fingerprint density at radius 3 is 1.19 bits per heavy atom. The highest BCUT2D eigenvalue weighted by Gasteiger charge is 2.15. The number of non-ortho nitro benzene ring substituents is 2. The fourth-order valence-corrected chi connectivity index (χ4v) is 6.27. The summed E-state index contributed by atoms with van der Waals surface area (Å²) in [7, 11) is 0. The average Bonchev–Trinajstić information content (AvgIpc) is 3.30. The summed E-state index contributed by atoms with van der Waals surface area (Å²) in [5, 5.41) is 27.8. The van der Waals surface area contributed by atoms with Gasteiger partial charge in [-0.3, -0.25) is 29.8 Å². The van der Waals surface area contributed by atoms with Gasteiger partial charge < -0.3 is 20.1 Å². The molecule has 8 aromatic rings. The van der Waals surface area contributed by atoms with Crippen LogP contribution in [0.25, 0.3) is 33.9 Å². The number of ether oxygens (including phenoxy) is 2. The number of carbonyl (C=O) groups is 2. The van der Waals surface area contributed by atoms with Gasteiger partial charge in [0.2, 0.25) is 0 Å². The van der Waals surface area contributed by atoms with Crippen LogP contribution in [0.2, 0.25) is 0 Å². The normalized spacial score (nSPS) is 10.6. The van der Waals surface area contributed by atoms with Crippen molar-refractivity contribution < 1.29 is 28.9 Å². The lowest BCUT2D eigenvalue weighted by Gasteiger charge is -2.12. The number of nitrogens with zero attached hydrogens (tertiary/aromatic N) is 4. The highest BCUT2D eigenvalue weighted by Crippen LogP contribution is 2.31. The number of carbonyl (C=O) groups excluding carboxylic acids is 2. The molecule has 14 nitrogen and oxygen atoms in total. The number of hydrogen-bond donors (Lipinski definition) is 2. The van der Waals surface area contributed by atoms with Crippen LogP contribution in [0.1, 0.15) is 20.7 Å². The maximum atomic E-state index is 13.3.